The molecule has 2 aromatic carbocycles. The molecule has 0 radical (unpaired) electrons. The van der Waals surface area contributed by atoms with Gasteiger partial charge in [0.15, 0.2) is 11.9 Å². The van der Waals surface area contributed by atoms with Gasteiger partial charge in [-0.05, 0) is 60.7 Å². The molecule has 0 fully saturated rings. The van der Waals surface area contributed by atoms with Crippen LogP contribution in [0, 0.1) is 0 Å². The Morgan fingerprint density at radius 3 is 2.56 bits per heavy atom. The van der Waals surface area contributed by atoms with Crippen LogP contribution in [-0.2, 0) is 11.2 Å². The van der Waals surface area contributed by atoms with Crippen molar-refractivity contribution in [3.8, 4) is 5.75 Å². The molecule has 0 spiro atoms. The summed E-state index contributed by atoms with van der Waals surface area (Å²) in [5.41, 5.74) is 10.7. The SMILES string of the molecule is CC(OC(=O)c1c2c(nc3ccccc13)/C(=C\c1ccc(O)cc1)CC2)c1nc(N)nc(N(C)C)n1. The highest BCUT2D eigenvalue weighted by Gasteiger charge is 2.29. The summed E-state index contributed by atoms with van der Waals surface area (Å²) in [7, 11) is 3.59. The topological polar surface area (TPSA) is 127 Å². The van der Waals surface area contributed by atoms with Crippen molar-refractivity contribution in [3.63, 3.8) is 0 Å². The molecular weight excluding hydrogens is 456 g/mol. The molecule has 36 heavy (non-hydrogen) atoms. The number of nitrogen functional groups attached to an aromatic ring is 1. The highest BCUT2D eigenvalue weighted by molar-refractivity contribution is 6.07. The molecule has 0 aliphatic heterocycles. The van der Waals surface area contributed by atoms with Crippen molar-refractivity contribution in [2.24, 2.45) is 0 Å². The molecule has 1 unspecified atom stereocenters. The summed E-state index contributed by atoms with van der Waals surface area (Å²) in [6.45, 7) is 1.71. The molecule has 1 aliphatic carbocycles. The highest BCUT2D eigenvalue weighted by Crippen LogP contribution is 2.38. The first kappa shape index (κ1) is 23.2. The lowest BCUT2D eigenvalue weighted by Gasteiger charge is -2.17. The number of ether oxygens (including phenoxy) is 1. The fourth-order valence-corrected chi connectivity index (χ4v) is 4.34. The number of anilines is 2. The second-order valence-electron chi connectivity index (χ2n) is 8.89. The maximum absolute atomic E-state index is 13.6. The van der Waals surface area contributed by atoms with Crippen LogP contribution in [0.2, 0.25) is 0 Å². The molecule has 5 rings (SSSR count). The summed E-state index contributed by atoms with van der Waals surface area (Å²) in [4.78, 5) is 32.9. The van der Waals surface area contributed by atoms with E-state index in [1.807, 2.05) is 42.5 Å². The number of pyridine rings is 1. The van der Waals surface area contributed by atoms with Crippen molar-refractivity contribution in [1.29, 1.82) is 0 Å². The zero-order valence-corrected chi connectivity index (χ0v) is 20.3. The van der Waals surface area contributed by atoms with Crippen molar-refractivity contribution < 1.29 is 14.6 Å². The Kier molecular flexibility index (Phi) is 5.97. The third-order valence-corrected chi connectivity index (χ3v) is 6.09. The van der Waals surface area contributed by atoms with E-state index < -0.39 is 12.1 Å². The molecule has 2 heterocycles. The van der Waals surface area contributed by atoms with Gasteiger partial charge >= 0.3 is 5.97 Å². The number of aromatic hydroxyl groups is 1. The number of hydrogen-bond acceptors (Lipinski definition) is 9. The number of para-hydroxylation sites is 1. The number of esters is 1. The minimum Gasteiger partial charge on any atom is -0.508 e. The van der Waals surface area contributed by atoms with E-state index in [2.05, 4.69) is 15.0 Å². The molecule has 4 aromatic rings. The second-order valence-corrected chi connectivity index (χ2v) is 8.89. The van der Waals surface area contributed by atoms with Crippen molar-refractivity contribution >= 4 is 40.4 Å². The van der Waals surface area contributed by atoms with Gasteiger partial charge in [0.2, 0.25) is 11.9 Å². The molecule has 0 saturated heterocycles. The van der Waals surface area contributed by atoms with Crippen LogP contribution in [0.1, 0.15) is 52.5 Å². The average molecular weight is 483 g/mol. The summed E-state index contributed by atoms with van der Waals surface area (Å²) in [6.07, 6.45) is 2.71. The number of aromatic nitrogens is 4. The quantitative estimate of drug-likeness (QED) is 0.403. The van der Waals surface area contributed by atoms with Crippen LogP contribution in [0.3, 0.4) is 0 Å². The van der Waals surface area contributed by atoms with E-state index in [0.29, 0.717) is 23.4 Å². The molecule has 0 amide bonds. The minimum atomic E-state index is -0.738. The van der Waals surface area contributed by atoms with Crippen LogP contribution < -0.4 is 10.6 Å². The van der Waals surface area contributed by atoms with Crippen LogP contribution in [0.5, 0.6) is 5.75 Å². The monoisotopic (exact) mass is 482 g/mol. The summed E-state index contributed by atoms with van der Waals surface area (Å²) < 4.78 is 5.87. The molecule has 3 N–H and O–H groups in total. The van der Waals surface area contributed by atoms with Gasteiger partial charge in [-0.1, -0.05) is 30.3 Å². The van der Waals surface area contributed by atoms with Crippen LogP contribution in [0.25, 0.3) is 22.6 Å². The smallest absolute Gasteiger partial charge is 0.339 e. The molecular formula is C27H26N6O3. The van der Waals surface area contributed by atoms with Crippen LogP contribution in [0.4, 0.5) is 11.9 Å². The maximum Gasteiger partial charge on any atom is 0.339 e. The second kappa shape index (κ2) is 9.26. The highest BCUT2D eigenvalue weighted by atomic mass is 16.5. The minimum absolute atomic E-state index is 0.0610. The number of nitrogens with zero attached hydrogens (tertiary/aromatic N) is 5. The summed E-state index contributed by atoms with van der Waals surface area (Å²) in [5, 5.41) is 10.3. The maximum atomic E-state index is 13.6. The summed E-state index contributed by atoms with van der Waals surface area (Å²) >= 11 is 0. The van der Waals surface area contributed by atoms with E-state index >= 15 is 0 Å². The number of phenolic OH excluding ortho intramolecular Hbond substituents is 1. The molecule has 0 saturated carbocycles. The average Bonchev–Trinajstić information content (AvgIpc) is 3.25. The Labute approximate surface area is 208 Å². The molecule has 9 nitrogen and oxygen atoms in total. The zero-order chi connectivity index (χ0) is 25.4. The third kappa shape index (κ3) is 4.43. The molecule has 0 bridgehead atoms. The predicted octanol–water partition coefficient (Wildman–Crippen LogP) is 4.18. The van der Waals surface area contributed by atoms with Crippen molar-refractivity contribution in [2.75, 3.05) is 24.7 Å². The lowest BCUT2D eigenvalue weighted by Crippen LogP contribution is -2.19. The number of phenols is 1. The van der Waals surface area contributed by atoms with Gasteiger partial charge in [0, 0.05) is 19.5 Å². The summed E-state index contributed by atoms with van der Waals surface area (Å²) in [5.74, 6) is 0.478. The number of benzene rings is 2. The van der Waals surface area contributed by atoms with E-state index in [4.69, 9.17) is 15.5 Å². The Hall–Kier alpha value is -4.53. The van der Waals surface area contributed by atoms with Crippen molar-refractivity contribution in [2.45, 2.75) is 25.9 Å². The Morgan fingerprint density at radius 1 is 1.06 bits per heavy atom. The normalized spacial score (nSPS) is 14.6. The lowest BCUT2D eigenvalue weighted by atomic mass is 10.0. The number of allylic oxidation sites excluding steroid dienone is 1. The molecule has 2 aromatic heterocycles. The number of hydrogen-bond donors (Lipinski definition) is 2. The zero-order valence-electron chi connectivity index (χ0n) is 20.3. The fraction of sp³-hybridized carbons (Fsp3) is 0.222. The van der Waals surface area contributed by atoms with Crippen LogP contribution in [-0.4, -0.2) is 45.1 Å². The van der Waals surface area contributed by atoms with Crippen molar-refractivity contribution in [3.05, 3.63) is 76.7 Å². The predicted molar refractivity (Wildman–Crippen MR) is 138 cm³/mol. The first-order valence-electron chi connectivity index (χ1n) is 11.6. The van der Waals surface area contributed by atoms with Crippen LogP contribution >= 0.6 is 0 Å². The van der Waals surface area contributed by atoms with E-state index in [9.17, 15) is 9.90 Å². The van der Waals surface area contributed by atoms with Gasteiger partial charge < -0.3 is 20.5 Å². The van der Waals surface area contributed by atoms with Gasteiger partial charge in [0.05, 0.1) is 16.8 Å². The van der Waals surface area contributed by atoms with Gasteiger partial charge in [-0.25, -0.2) is 9.78 Å². The lowest BCUT2D eigenvalue weighted by molar-refractivity contribution is 0.0321. The van der Waals surface area contributed by atoms with Gasteiger partial charge in [-0.15, -0.1) is 0 Å². The first-order valence-corrected chi connectivity index (χ1v) is 11.6. The molecule has 182 valence electrons. The Balaban J connectivity index is 1.54. The van der Waals surface area contributed by atoms with E-state index in [0.717, 1.165) is 34.2 Å². The van der Waals surface area contributed by atoms with E-state index in [1.165, 1.54) is 0 Å². The van der Waals surface area contributed by atoms with E-state index in [1.54, 1.807) is 38.1 Å². The molecule has 1 atom stereocenters. The fourth-order valence-electron chi connectivity index (χ4n) is 4.34. The number of nitrogens with two attached hydrogens (primary N) is 1. The first-order chi connectivity index (χ1) is 17.3. The standard InChI is InChI=1S/C27H26N6O3/c1-15(24-30-26(28)32-27(31-24)33(2)3)36-25(35)22-19-6-4-5-7-21(19)29-23-17(10-13-20(22)23)14-16-8-11-18(34)12-9-16/h4-9,11-12,14-15,34H,10,13H2,1-3H3,(H2,28,30,31,32)/b17-14-. The third-order valence-electron chi connectivity index (χ3n) is 6.09. The number of fused-ring (bicyclic) bond motifs is 2. The number of rotatable bonds is 5. The van der Waals surface area contributed by atoms with Crippen molar-refractivity contribution in [1.82, 2.24) is 19.9 Å². The van der Waals surface area contributed by atoms with Gasteiger partial charge in [-0.3, -0.25) is 0 Å². The molecule has 9 heteroatoms. The largest absolute Gasteiger partial charge is 0.508 e. The number of carbonyl (C=O) groups is 1. The van der Waals surface area contributed by atoms with Gasteiger partial charge in [0.1, 0.15) is 5.75 Å². The van der Waals surface area contributed by atoms with Gasteiger partial charge in [-0.2, -0.15) is 15.0 Å². The summed E-state index contributed by atoms with van der Waals surface area (Å²) in [6, 6.07) is 14.6. The number of carbonyl (C=O) groups excluding carboxylic acids is 1. The Morgan fingerprint density at radius 2 is 1.81 bits per heavy atom. The Bertz CT molecular complexity index is 1500. The molecule has 1 aliphatic rings. The van der Waals surface area contributed by atoms with Crippen LogP contribution in [0.15, 0.2) is 48.5 Å². The van der Waals surface area contributed by atoms with E-state index in [-0.39, 0.29) is 17.5 Å². The van der Waals surface area contributed by atoms with Gasteiger partial charge in [0.25, 0.3) is 0 Å².